The fourth-order valence-corrected chi connectivity index (χ4v) is 3.96. The first-order valence-electron chi connectivity index (χ1n) is 11.1. The Morgan fingerprint density at radius 1 is 1.06 bits per heavy atom. The van der Waals surface area contributed by atoms with Crippen LogP contribution in [-0.2, 0) is 17.8 Å². The first-order chi connectivity index (χ1) is 17.0. The van der Waals surface area contributed by atoms with Crippen molar-refractivity contribution >= 4 is 22.8 Å². The molecule has 0 saturated carbocycles. The fraction of sp³-hybridized carbons (Fsp3) is 0.185. The molecule has 0 unspecified atom stereocenters. The smallest absolute Gasteiger partial charge is 0.339 e. The van der Waals surface area contributed by atoms with Gasteiger partial charge in [-0.1, -0.05) is 36.4 Å². The number of nitrogens with zero attached hydrogens (tertiary/aromatic N) is 1. The molecule has 1 amide bonds. The van der Waals surface area contributed by atoms with Gasteiger partial charge >= 0.3 is 5.97 Å². The molecule has 1 aromatic heterocycles. The number of carboxylic acid groups (broad SMARTS) is 1. The number of nitrogens with one attached hydrogen (secondary N) is 1. The van der Waals surface area contributed by atoms with Crippen molar-refractivity contribution in [3.63, 3.8) is 0 Å². The number of aromatic amines is 1. The molecule has 7 nitrogen and oxygen atoms in total. The minimum atomic E-state index is -1.19. The summed E-state index contributed by atoms with van der Waals surface area (Å²) in [5.41, 5.74) is 2.59. The van der Waals surface area contributed by atoms with E-state index in [4.69, 9.17) is 9.47 Å². The van der Waals surface area contributed by atoms with Crippen molar-refractivity contribution in [2.45, 2.75) is 13.0 Å². The number of carboxylic acids is 1. The number of hydrogen-bond donors (Lipinski definition) is 2. The summed E-state index contributed by atoms with van der Waals surface area (Å²) in [7, 11) is 1.40. The molecule has 0 saturated heterocycles. The zero-order valence-corrected chi connectivity index (χ0v) is 19.2. The number of methoxy groups -OCH3 is 1. The molecular weight excluding hydrogens is 451 g/mol. The lowest BCUT2D eigenvalue weighted by Crippen LogP contribution is -2.36. The van der Waals surface area contributed by atoms with Gasteiger partial charge in [-0.3, -0.25) is 4.79 Å². The zero-order valence-electron chi connectivity index (χ0n) is 19.2. The van der Waals surface area contributed by atoms with Gasteiger partial charge in [0, 0.05) is 30.2 Å². The van der Waals surface area contributed by atoms with Crippen molar-refractivity contribution in [2.75, 3.05) is 20.3 Å². The number of aromatic nitrogens is 1. The molecule has 35 heavy (non-hydrogen) atoms. The van der Waals surface area contributed by atoms with E-state index < -0.39 is 12.6 Å². The number of ether oxygens (including phenoxy) is 2. The largest absolute Gasteiger partial charge is 0.493 e. The molecule has 0 aliphatic heterocycles. The molecule has 0 bridgehead atoms. The van der Waals surface area contributed by atoms with Crippen LogP contribution in [0.3, 0.4) is 0 Å². The van der Waals surface area contributed by atoms with Crippen molar-refractivity contribution in [3.05, 3.63) is 95.4 Å². The van der Waals surface area contributed by atoms with Crippen LogP contribution in [-0.4, -0.2) is 47.1 Å². The second kappa shape index (κ2) is 10.7. The lowest BCUT2D eigenvalue weighted by molar-refractivity contribution is -0.134. The topological polar surface area (TPSA) is 91.9 Å². The number of para-hydroxylation sites is 2. The number of hydrogen-bond acceptors (Lipinski definition) is 4. The number of rotatable bonds is 10. The predicted octanol–water partition coefficient (Wildman–Crippen LogP) is 4.66. The Labute approximate surface area is 201 Å². The van der Waals surface area contributed by atoms with E-state index in [1.54, 1.807) is 23.1 Å². The SMILES string of the molecule is COc1cccc(C(=O)O)c1OCC(=O)N(CCc1c[nH]c2ccccc12)Cc1cccc(F)c1. The number of fused-ring (bicyclic) bond motifs is 1. The summed E-state index contributed by atoms with van der Waals surface area (Å²) in [6, 6.07) is 18.5. The van der Waals surface area contributed by atoms with E-state index in [-0.39, 0.29) is 35.3 Å². The number of aromatic carboxylic acids is 1. The summed E-state index contributed by atoms with van der Waals surface area (Å²) < 4.78 is 24.6. The highest BCUT2D eigenvalue weighted by atomic mass is 19.1. The van der Waals surface area contributed by atoms with Gasteiger partial charge in [0.15, 0.2) is 18.1 Å². The minimum Gasteiger partial charge on any atom is -0.493 e. The molecule has 0 aliphatic rings. The van der Waals surface area contributed by atoms with Crippen LogP contribution in [0.15, 0.2) is 72.9 Å². The Morgan fingerprint density at radius 2 is 1.86 bits per heavy atom. The summed E-state index contributed by atoms with van der Waals surface area (Å²) in [6.07, 6.45) is 2.49. The third-order valence-corrected chi connectivity index (χ3v) is 5.71. The summed E-state index contributed by atoms with van der Waals surface area (Å²) in [5, 5.41) is 10.6. The molecule has 2 N–H and O–H groups in total. The summed E-state index contributed by atoms with van der Waals surface area (Å²) in [4.78, 5) is 29.6. The molecular formula is C27H25FN2O5. The van der Waals surface area contributed by atoms with Crippen molar-refractivity contribution in [3.8, 4) is 11.5 Å². The standard InChI is InChI=1S/C27H25FN2O5/c1-34-24-11-5-9-22(27(32)33)26(24)35-17-25(31)30(16-18-6-4-7-20(28)14-18)13-12-19-15-29-23-10-3-2-8-21(19)23/h2-11,14-15,29H,12-13,16-17H2,1H3,(H,32,33). The molecule has 8 heteroatoms. The van der Waals surface area contributed by atoms with Crippen LogP contribution < -0.4 is 9.47 Å². The second-order valence-corrected chi connectivity index (χ2v) is 7.99. The number of H-pyrrole nitrogens is 1. The predicted molar refractivity (Wildman–Crippen MR) is 129 cm³/mol. The van der Waals surface area contributed by atoms with Gasteiger partial charge in [0.25, 0.3) is 5.91 Å². The lowest BCUT2D eigenvalue weighted by atomic mass is 10.1. The number of halogens is 1. The van der Waals surface area contributed by atoms with Crippen molar-refractivity contribution in [1.82, 2.24) is 9.88 Å². The van der Waals surface area contributed by atoms with E-state index in [1.807, 2.05) is 30.5 Å². The van der Waals surface area contributed by atoms with Gasteiger partial charge in [0.05, 0.1) is 7.11 Å². The van der Waals surface area contributed by atoms with Gasteiger partial charge in [-0.25, -0.2) is 9.18 Å². The summed E-state index contributed by atoms with van der Waals surface area (Å²) >= 11 is 0. The molecule has 4 aromatic rings. The van der Waals surface area contributed by atoms with E-state index in [2.05, 4.69) is 4.98 Å². The monoisotopic (exact) mass is 476 g/mol. The zero-order chi connectivity index (χ0) is 24.8. The van der Waals surface area contributed by atoms with Gasteiger partial charge in [-0.15, -0.1) is 0 Å². The van der Waals surface area contributed by atoms with Crippen LogP contribution in [0.1, 0.15) is 21.5 Å². The number of amides is 1. The quantitative estimate of drug-likeness (QED) is 0.347. The number of carbonyl (C=O) groups excluding carboxylic acids is 1. The number of carbonyl (C=O) groups is 2. The van der Waals surface area contributed by atoms with Gasteiger partial charge < -0.3 is 24.5 Å². The van der Waals surface area contributed by atoms with E-state index in [0.29, 0.717) is 18.5 Å². The van der Waals surface area contributed by atoms with Gasteiger partial charge in [0.1, 0.15) is 11.4 Å². The molecule has 0 radical (unpaired) electrons. The Bertz CT molecular complexity index is 1350. The van der Waals surface area contributed by atoms with Crippen LogP contribution in [0.25, 0.3) is 10.9 Å². The van der Waals surface area contributed by atoms with E-state index in [9.17, 15) is 19.1 Å². The number of benzene rings is 3. The minimum absolute atomic E-state index is 0.0156. The van der Waals surface area contributed by atoms with Crippen molar-refractivity contribution in [2.24, 2.45) is 0 Å². The Kier molecular flexibility index (Phi) is 7.30. The van der Waals surface area contributed by atoms with E-state index in [0.717, 1.165) is 16.5 Å². The highest BCUT2D eigenvalue weighted by Gasteiger charge is 2.21. The van der Waals surface area contributed by atoms with Gasteiger partial charge in [0.2, 0.25) is 0 Å². The van der Waals surface area contributed by atoms with Crippen LogP contribution in [0.5, 0.6) is 11.5 Å². The molecule has 3 aromatic carbocycles. The van der Waals surface area contributed by atoms with Crippen LogP contribution in [0.2, 0.25) is 0 Å². The highest BCUT2D eigenvalue weighted by Crippen LogP contribution is 2.31. The Hall–Kier alpha value is -4.33. The Morgan fingerprint density at radius 3 is 2.63 bits per heavy atom. The summed E-state index contributed by atoms with van der Waals surface area (Å²) in [5.74, 6) is -1.74. The average Bonchev–Trinajstić information content (AvgIpc) is 3.27. The third kappa shape index (κ3) is 5.60. The van der Waals surface area contributed by atoms with Gasteiger partial charge in [-0.2, -0.15) is 0 Å². The van der Waals surface area contributed by atoms with E-state index >= 15 is 0 Å². The van der Waals surface area contributed by atoms with Crippen LogP contribution >= 0.6 is 0 Å². The lowest BCUT2D eigenvalue weighted by Gasteiger charge is -2.23. The molecule has 0 fully saturated rings. The normalized spacial score (nSPS) is 10.8. The maximum atomic E-state index is 13.8. The van der Waals surface area contributed by atoms with Crippen molar-refractivity contribution < 1.29 is 28.6 Å². The molecule has 0 spiro atoms. The third-order valence-electron chi connectivity index (χ3n) is 5.71. The molecule has 0 atom stereocenters. The maximum Gasteiger partial charge on any atom is 0.339 e. The summed E-state index contributed by atoms with van der Waals surface area (Å²) in [6.45, 7) is 0.141. The highest BCUT2D eigenvalue weighted by molar-refractivity contribution is 5.92. The maximum absolute atomic E-state index is 13.8. The van der Waals surface area contributed by atoms with E-state index in [1.165, 1.54) is 31.4 Å². The molecule has 0 aliphatic carbocycles. The first kappa shape index (κ1) is 23.8. The fourth-order valence-electron chi connectivity index (χ4n) is 3.96. The van der Waals surface area contributed by atoms with Crippen molar-refractivity contribution in [1.29, 1.82) is 0 Å². The van der Waals surface area contributed by atoms with Crippen LogP contribution in [0, 0.1) is 5.82 Å². The van der Waals surface area contributed by atoms with Crippen LogP contribution in [0.4, 0.5) is 4.39 Å². The molecule has 1 heterocycles. The molecule has 180 valence electrons. The second-order valence-electron chi connectivity index (χ2n) is 7.99. The van der Waals surface area contributed by atoms with Gasteiger partial charge in [-0.05, 0) is 47.9 Å². The molecule has 4 rings (SSSR count). The first-order valence-corrected chi connectivity index (χ1v) is 11.1. The average molecular weight is 477 g/mol. The Balaban J connectivity index is 1.53.